The monoisotopic (exact) mass is 344 g/mol. The molecule has 1 aromatic carbocycles. The topological polar surface area (TPSA) is 46.3 Å². The third-order valence-corrected chi connectivity index (χ3v) is 4.67. The number of piperidine rings is 1. The number of carbonyl (C=O) groups excluding carboxylic acids is 1. The molecule has 2 unspecified atom stereocenters. The summed E-state index contributed by atoms with van der Waals surface area (Å²) in [5.41, 5.74) is 6.49. The van der Waals surface area contributed by atoms with Gasteiger partial charge >= 0.3 is 0 Å². The molecule has 1 aliphatic heterocycles. The molecule has 1 amide bonds. The standard InChI is InChI=1S/C14H18BrClN2O/c1-9-3-2-6-18(13(9)8-17)14(19)11-5-4-10(16)7-12(11)15/h4-5,7,9,13H,2-3,6,8,17H2,1H3. The second-order valence-electron chi connectivity index (χ2n) is 5.05. The van der Waals surface area contributed by atoms with Crippen LogP contribution in [0.2, 0.25) is 5.02 Å². The van der Waals surface area contributed by atoms with Crippen molar-refractivity contribution < 1.29 is 4.79 Å². The Labute approximate surface area is 127 Å². The maximum Gasteiger partial charge on any atom is 0.255 e. The van der Waals surface area contributed by atoms with Gasteiger partial charge < -0.3 is 10.6 Å². The predicted molar refractivity (Wildman–Crippen MR) is 81.4 cm³/mol. The van der Waals surface area contributed by atoms with Gasteiger partial charge in [-0.15, -0.1) is 0 Å². The van der Waals surface area contributed by atoms with E-state index in [4.69, 9.17) is 17.3 Å². The van der Waals surface area contributed by atoms with Gasteiger partial charge in [0.2, 0.25) is 0 Å². The first-order valence-electron chi connectivity index (χ1n) is 6.50. The zero-order valence-electron chi connectivity index (χ0n) is 10.9. The molecular formula is C14H18BrClN2O. The Morgan fingerprint density at radius 1 is 1.58 bits per heavy atom. The largest absolute Gasteiger partial charge is 0.334 e. The van der Waals surface area contributed by atoms with Gasteiger partial charge in [-0.1, -0.05) is 18.5 Å². The summed E-state index contributed by atoms with van der Waals surface area (Å²) in [7, 11) is 0. The SMILES string of the molecule is CC1CCCN(C(=O)c2ccc(Cl)cc2Br)C1CN. The van der Waals surface area contributed by atoms with Crippen molar-refractivity contribution in [2.24, 2.45) is 11.7 Å². The number of hydrogen-bond donors (Lipinski definition) is 1. The Hall–Kier alpha value is -0.580. The van der Waals surface area contributed by atoms with Gasteiger partial charge in [-0.05, 0) is 52.9 Å². The van der Waals surface area contributed by atoms with Crippen LogP contribution in [0.4, 0.5) is 0 Å². The van der Waals surface area contributed by atoms with Crippen molar-refractivity contribution in [3.05, 3.63) is 33.3 Å². The van der Waals surface area contributed by atoms with Crippen molar-refractivity contribution >= 4 is 33.4 Å². The molecule has 0 radical (unpaired) electrons. The van der Waals surface area contributed by atoms with E-state index in [2.05, 4.69) is 22.9 Å². The summed E-state index contributed by atoms with van der Waals surface area (Å²) in [5.74, 6) is 0.485. The van der Waals surface area contributed by atoms with Crippen molar-refractivity contribution in [3.63, 3.8) is 0 Å². The molecule has 1 saturated heterocycles. The van der Waals surface area contributed by atoms with Crippen LogP contribution in [0.1, 0.15) is 30.1 Å². The molecule has 2 atom stereocenters. The van der Waals surface area contributed by atoms with Gasteiger partial charge in [0.1, 0.15) is 0 Å². The maximum atomic E-state index is 12.6. The molecule has 1 heterocycles. The Balaban J connectivity index is 2.27. The molecule has 1 aromatic rings. The third kappa shape index (κ3) is 3.12. The average Bonchev–Trinajstić information content (AvgIpc) is 2.37. The van der Waals surface area contributed by atoms with E-state index in [-0.39, 0.29) is 11.9 Å². The third-order valence-electron chi connectivity index (χ3n) is 3.78. The number of nitrogens with two attached hydrogens (primary N) is 1. The molecule has 0 saturated carbocycles. The highest BCUT2D eigenvalue weighted by atomic mass is 79.9. The summed E-state index contributed by atoms with van der Waals surface area (Å²) in [4.78, 5) is 14.5. The first-order chi connectivity index (χ1) is 9.04. The number of likely N-dealkylation sites (tertiary alicyclic amines) is 1. The molecule has 3 nitrogen and oxygen atoms in total. The summed E-state index contributed by atoms with van der Waals surface area (Å²) >= 11 is 9.32. The Morgan fingerprint density at radius 2 is 2.32 bits per heavy atom. The molecule has 0 spiro atoms. The minimum absolute atomic E-state index is 0.0329. The molecule has 2 N–H and O–H groups in total. The van der Waals surface area contributed by atoms with Crippen LogP contribution in [0.3, 0.4) is 0 Å². The first-order valence-corrected chi connectivity index (χ1v) is 7.67. The number of nitrogens with zero attached hydrogens (tertiary/aromatic N) is 1. The second kappa shape index (κ2) is 6.25. The van der Waals surface area contributed by atoms with Crippen LogP contribution in [0.15, 0.2) is 22.7 Å². The van der Waals surface area contributed by atoms with Crippen LogP contribution >= 0.6 is 27.5 Å². The van der Waals surface area contributed by atoms with Crippen molar-refractivity contribution in [1.82, 2.24) is 4.90 Å². The summed E-state index contributed by atoms with van der Waals surface area (Å²) in [6.45, 7) is 3.45. The molecular weight excluding hydrogens is 328 g/mol. The van der Waals surface area contributed by atoms with Gasteiger partial charge in [-0.25, -0.2) is 0 Å². The number of amides is 1. The highest BCUT2D eigenvalue weighted by molar-refractivity contribution is 9.10. The van der Waals surface area contributed by atoms with Gasteiger partial charge in [0.15, 0.2) is 0 Å². The predicted octanol–water partition coefficient (Wildman–Crippen LogP) is 3.30. The van der Waals surface area contributed by atoms with Crippen LogP contribution in [0.25, 0.3) is 0 Å². The lowest BCUT2D eigenvalue weighted by atomic mass is 9.90. The summed E-state index contributed by atoms with van der Waals surface area (Å²) < 4.78 is 0.735. The number of rotatable bonds is 2. The molecule has 19 heavy (non-hydrogen) atoms. The molecule has 0 bridgehead atoms. The second-order valence-corrected chi connectivity index (χ2v) is 6.34. The highest BCUT2D eigenvalue weighted by Gasteiger charge is 2.31. The number of benzene rings is 1. The minimum atomic E-state index is 0.0329. The van der Waals surface area contributed by atoms with Gasteiger partial charge in [0, 0.05) is 28.6 Å². The lowest BCUT2D eigenvalue weighted by molar-refractivity contribution is 0.0531. The van der Waals surface area contributed by atoms with Crippen molar-refractivity contribution in [2.75, 3.05) is 13.1 Å². The minimum Gasteiger partial charge on any atom is -0.334 e. The zero-order valence-corrected chi connectivity index (χ0v) is 13.2. The van der Waals surface area contributed by atoms with E-state index in [1.807, 2.05) is 4.90 Å². The fourth-order valence-electron chi connectivity index (χ4n) is 2.68. The van der Waals surface area contributed by atoms with Crippen molar-refractivity contribution in [1.29, 1.82) is 0 Å². The van der Waals surface area contributed by atoms with Crippen LogP contribution in [-0.2, 0) is 0 Å². The lowest BCUT2D eigenvalue weighted by Crippen LogP contribution is -2.51. The summed E-state index contributed by atoms with van der Waals surface area (Å²) in [6.07, 6.45) is 2.17. The van der Waals surface area contributed by atoms with Crippen LogP contribution in [0.5, 0.6) is 0 Å². The quantitative estimate of drug-likeness (QED) is 0.894. The summed E-state index contributed by atoms with van der Waals surface area (Å²) in [5, 5.41) is 0.616. The molecule has 2 rings (SSSR count). The average molecular weight is 346 g/mol. The Morgan fingerprint density at radius 3 is 2.95 bits per heavy atom. The van der Waals surface area contributed by atoms with Crippen molar-refractivity contribution in [2.45, 2.75) is 25.8 Å². The zero-order chi connectivity index (χ0) is 14.0. The van der Waals surface area contributed by atoms with Gasteiger partial charge in [0.05, 0.1) is 5.56 Å². The Bertz CT molecular complexity index is 481. The highest BCUT2D eigenvalue weighted by Crippen LogP contribution is 2.28. The first kappa shape index (κ1) is 14.8. The molecule has 0 aliphatic carbocycles. The van der Waals surface area contributed by atoms with Gasteiger partial charge in [-0.3, -0.25) is 4.79 Å². The van der Waals surface area contributed by atoms with Crippen LogP contribution in [0, 0.1) is 5.92 Å². The van der Waals surface area contributed by atoms with E-state index in [0.717, 1.165) is 23.9 Å². The van der Waals surface area contributed by atoms with E-state index in [1.165, 1.54) is 0 Å². The number of carbonyl (C=O) groups is 1. The fourth-order valence-corrected chi connectivity index (χ4v) is 3.53. The van der Waals surface area contributed by atoms with Crippen LogP contribution in [-0.4, -0.2) is 29.9 Å². The van der Waals surface area contributed by atoms with Crippen molar-refractivity contribution in [3.8, 4) is 0 Å². The number of hydrogen-bond acceptors (Lipinski definition) is 2. The molecule has 1 aliphatic rings. The van der Waals surface area contributed by atoms with Gasteiger partial charge in [-0.2, -0.15) is 0 Å². The van der Waals surface area contributed by atoms with Crippen LogP contribution < -0.4 is 5.73 Å². The molecule has 104 valence electrons. The molecule has 1 fully saturated rings. The Kier molecular flexibility index (Phi) is 4.87. The van der Waals surface area contributed by atoms with E-state index < -0.39 is 0 Å². The van der Waals surface area contributed by atoms with E-state index >= 15 is 0 Å². The fraction of sp³-hybridized carbons (Fsp3) is 0.500. The van der Waals surface area contributed by atoms with E-state index in [9.17, 15) is 4.79 Å². The normalized spacial score (nSPS) is 23.5. The lowest BCUT2D eigenvalue weighted by Gasteiger charge is -2.39. The van der Waals surface area contributed by atoms with Gasteiger partial charge in [0.25, 0.3) is 5.91 Å². The number of halogens is 2. The smallest absolute Gasteiger partial charge is 0.255 e. The molecule has 0 aromatic heterocycles. The summed E-state index contributed by atoms with van der Waals surface area (Å²) in [6, 6.07) is 5.38. The van der Waals surface area contributed by atoms with E-state index in [1.54, 1.807) is 18.2 Å². The molecule has 5 heteroatoms. The van der Waals surface area contributed by atoms with E-state index in [0.29, 0.717) is 23.0 Å². The maximum absolute atomic E-state index is 12.6.